The van der Waals surface area contributed by atoms with E-state index in [1.807, 2.05) is 48.5 Å². The number of anilines is 4. The van der Waals surface area contributed by atoms with Crippen LogP contribution in [0.2, 0.25) is 0 Å². The van der Waals surface area contributed by atoms with Crippen LogP contribution in [0.25, 0.3) is 0 Å². The molecule has 1 fully saturated rings. The summed E-state index contributed by atoms with van der Waals surface area (Å²) in [7, 11) is 0. The van der Waals surface area contributed by atoms with Crippen molar-refractivity contribution in [3.8, 4) is 0 Å². The van der Waals surface area contributed by atoms with Crippen LogP contribution >= 0.6 is 0 Å². The first kappa shape index (κ1) is 25.6. The zero-order chi connectivity index (χ0) is 21.9. The highest BCUT2D eigenvalue weighted by molar-refractivity contribution is 5.51. The lowest BCUT2D eigenvalue weighted by molar-refractivity contribution is -0.926. The van der Waals surface area contributed by atoms with Gasteiger partial charge in [-0.3, -0.25) is 4.90 Å². The molecule has 6 N–H and O–H groups in total. The third-order valence-corrected chi connectivity index (χ3v) is 6.24. The maximum Gasteiger partial charge on any atom is 0.0971 e. The summed E-state index contributed by atoms with van der Waals surface area (Å²) in [5, 5.41) is 7.00. The Kier molecular flexibility index (Phi) is 10.4. The van der Waals surface area contributed by atoms with Gasteiger partial charge < -0.3 is 34.0 Å². The van der Waals surface area contributed by atoms with Gasteiger partial charge in [0.15, 0.2) is 0 Å². The Balaban J connectivity index is 0.00000363. The number of nitrogens with one attached hydrogen (secondary N) is 2. The van der Waals surface area contributed by atoms with E-state index in [-0.39, 0.29) is 7.43 Å². The molecule has 176 valence electrons. The first-order valence-electron chi connectivity index (χ1n) is 11.5. The molecule has 0 aromatic heterocycles. The Labute approximate surface area is 194 Å². The summed E-state index contributed by atoms with van der Waals surface area (Å²) >= 11 is 0. The van der Waals surface area contributed by atoms with Gasteiger partial charge in [0.05, 0.1) is 26.2 Å². The summed E-state index contributed by atoms with van der Waals surface area (Å²) in [4.78, 5) is 2.61. The lowest BCUT2D eigenvalue weighted by Crippen LogP contribution is -2.60. The Morgan fingerprint density at radius 1 is 0.844 bits per heavy atom. The number of hydrogen-bond donors (Lipinski definition) is 4. The number of hydrogen-bond acceptors (Lipinski definition) is 5. The smallest absolute Gasteiger partial charge is 0.0971 e. The summed E-state index contributed by atoms with van der Waals surface area (Å²) < 4.78 is 1.16. The molecular formula is C26H42N6. The number of quaternary nitrogens is 1. The van der Waals surface area contributed by atoms with Crippen molar-refractivity contribution in [2.75, 3.05) is 81.0 Å². The summed E-state index contributed by atoms with van der Waals surface area (Å²) in [5.41, 5.74) is 15.4. The molecule has 0 saturated carbocycles. The standard InChI is InChI=1S/C25H39N6.CH3/c1-2-18-31(19-4-14-29-25-11-7-23(27)8-12-25)20-16-30(17-21-31)15-3-13-28-24-9-5-22(26)6-10-24;/h2,5-12,28-29H,1,3-4,13-21,26-27H2;1H3/q+1;-1. The maximum absolute atomic E-state index is 5.76. The van der Waals surface area contributed by atoms with Gasteiger partial charge in [-0.1, -0.05) is 6.58 Å². The zero-order valence-electron chi connectivity index (χ0n) is 19.7. The van der Waals surface area contributed by atoms with Gasteiger partial charge >= 0.3 is 0 Å². The second kappa shape index (κ2) is 13.0. The Morgan fingerprint density at radius 3 is 1.84 bits per heavy atom. The molecule has 3 rings (SSSR count). The molecule has 0 amide bonds. The van der Waals surface area contributed by atoms with Gasteiger partial charge in [0.2, 0.25) is 0 Å². The first-order chi connectivity index (χ1) is 15.1. The monoisotopic (exact) mass is 438 g/mol. The number of nitrogens with zero attached hydrogens (tertiary/aromatic N) is 2. The van der Waals surface area contributed by atoms with Crippen LogP contribution in [-0.4, -0.2) is 68.3 Å². The minimum absolute atomic E-state index is 0. The van der Waals surface area contributed by atoms with Gasteiger partial charge in [-0.05, 0) is 61.0 Å². The fraction of sp³-hybridized carbons (Fsp3) is 0.423. The molecule has 1 aliphatic heterocycles. The predicted molar refractivity (Wildman–Crippen MR) is 141 cm³/mol. The molecule has 0 unspecified atom stereocenters. The van der Waals surface area contributed by atoms with Crippen molar-refractivity contribution >= 4 is 22.7 Å². The molecule has 0 atom stereocenters. The van der Waals surface area contributed by atoms with Crippen LogP contribution in [0.5, 0.6) is 0 Å². The van der Waals surface area contributed by atoms with Crippen molar-refractivity contribution in [1.82, 2.24) is 4.90 Å². The van der Waals surface area contributed by atoms with Crippen molar-refractivity contribution in [2.45, 2.75) is 12.8 Å². The van der Waals surface area contributed by atoms with E-state index >= 15 is 0 Å². The molecule has 6 heteroatoms. The number of benzene rings is 2. The van der Waals surface area contributed by atoms with Crippen LogP contribution in [0, 0.1) is 7.43 Å². The number of nitrogen functional groups attached to an aromatic ring is 2. The average Bonchev–Trinajstić information content (AvgIpc) is 2.78. The molecule has 0 radical (unpaired) electrons. The zero-order valence-corrected chi connectivity index (χ0v) is 19.7. The fourth-order valence-electron chi connectivity index (χ4n) is 4.31. The normalized spacial score (nSPS) is 15.5. The van der Waals surface area contributed by atoms with E-state index in [4.69, 9.17) is 11.5 Å². The van der Waals surface area contributed by atoms with Crippen LogP contribution in [0.3, 0.4) is 0 Å². The van der Waals surface area contributed by atoms with E-state index in [2.05, 4.69) is 28.2 Å². The lowest BCUT2D eigenvalue weighted by Gasteiger charge is -2.44. The van der Waals surface area contributed by atoms with Gasteiger partial charge in [-0.2, -0.15) is 0 Å². The van der Waals surface area contributed by atoms with Gasteiger partial charge in [0, 0.05) is 61.9 Å². The average molecular weight is 439 g/mol. The highest BCUT2D eigenvalue weighted by atomic mass is 15.4. The molecule has 1 aliphatic rings. The topological polar surface area (TPSA) is 79.3 Å². The van der Waals surface area contributed by atoms with Crippen LogP contribution < -0.4 is 22.1 Å². The largest absolute Gasteiger partial charge is 0.399 e. The van der Waals surface area contributed by atoms with Crippen molar-refractivity contribution < 1.29 is 4.48 Å². The van der Waals surface area contributed by atoms with E-state index < -0.39 is 0 Å². The maximum atomic E-state index is 5.76. The third-order valence-electron chi connectivity index (χ3n) is 6.24. The molecular weight excluding hydrogens is 396 g/mol. The van der Waals surface area contributed by atoms with Gasteiger partial charge in [0.1, 0.15) is 0 Å². The van der Waals surface area contributed by atoms with Crippen molar-refractivity contribution in [1.29, 1.82) is 0 Å². The quantitative estimate of drug-likeness (QED) is 0.133. The van der Waals surface area contributed by atoms with E-state index in [9.17, 15) is 0 Å². The van der Waals surface area contributed by atoms with Crippen molar-refractivity contribution in [2.24, 2.45) is 0 Å². The molecule has 2 aromatic carbocycles. The highest BCUT2D eigenvalue weighted by Crippen LogP contribution is 2.16. The van der Waals surface area contributed by atoms with Crippen LogP contribution in [-0.2, 0) is 0 Å². The minimum atomic E-state index is 0. The molecule has 32 heavy (non-hydrogen) atoms. The van der Waals surface area contributed by atoms with Gasteiger partial charge in [-0.15, -0.1) is 0 Å². The summed E-state index contributed by atoms with van der Waals surface area (Å²) in [6.07, 6.45) is 4.40. The van der Waals surface area contributed by atoms with Crippen LogP contribution in [0.4, 0.5) is 22.7 Å². The number of piperazine rings is 1. The second-order valence-corrected chi connectivity index (χ2v) is 8.63. The summed E-state index contributed by atoms with van der Waals surface area (Å²) in [5.74, 6) is 0. The second-order valence-electron chi connectivity index (χ2n) is 8.63. The Hall–Kier alpha value is -2.70. The molecule has 6 nitrogen and oxygen atoms in total. The van der Waals surface area contributed by atoms with Crippen molar-refractivity contribution in [3.63, 3.8) is 0 Å². The van der Waals surface area contributed by atoms with Gasteiger partial charge in [0.25, 0.3) is 0 Å². The van der Waals surface area contributed by atoms with Crippen LogP contribution in [0.1, 0.15) is 12.8 Å². The lowest BCUT2D eigenvalue weighted by atomic mass is 10.2. The fourth-order valence-corrected chi connectivity index (χ4v) is 4.31. The molecule has 0 aliphatic carbocycles. The molecule has 2 aromatic rings. The number of rotatable bonds is 12. The van der Waals surface area contributed by atoms with E-state index in [1.54, 1.807) is 0 Å². The van der Waals surface area contributed by atoms with Crippen molar-refractivity contribution in [3.05, 3.63) is 68.6 Å². The van der Waals surface area contributed by atoms with E-state index in [0.717, 1.165) is 66.3 Å². The minimum Gasteiger partial charge on any atom is -0.399 e. The predicted octanol–water partition coefficient (Wildman–Crippen LogP) is 3.92. The molecule has 1 saturated heterocycles. The van der Waals surface area contributed by atoms with Crippen LogP contribution in [0.15, 0.2) is 61.2 Å². The highest BCUT2D eigenvalue weighted by Gasteiger charge is 2.31. The first-order valence-corrected chi connectivity index (χ1v) is 11.5. The number of nitrogens with two attached hydrogens (primary N) is 2. The SMILES string of the molecule is C=CC[N+]1(CCCNc2ccc(N)cc2)CCN(CCCNc2ccc(N)cc2)CC1.[CH3-]. The Morgan fingerprint density at radius 2 is 1.34 bits per heavy atom. The summed E-state index contributed by atoms with van der Waals surface area (Å²) in [6, 6.07) is 15.9. The van der Waals surface area contributed by atoms with Gasteiger partial charge in [-0.25, -0.2) is 0 Å². The summed E-state index contributed by atoms with van der Waals surface area (Å²) in [6.45, 7) is 14.2. The molecule has 1 heterocycles. The third kappa shape index (κ3) is 8.09. The van der Waals surface area contributed by atoms with E-state index in [1.165, 1.54) is 32.7 Å². The van der Waals surface area contributed by atoms with E-state index in [0.29, 0.717) is 0 Å². The molecule has 0 bridgehead atoms. The molecule has 0 spiro atoms. The Bertz CT molecular complexity index is 779.